The first-order valence-corrected chi connectivity index (χ1v) is 5.40. The maximum atomic E-state index is 10.9. The van der Waals surface area contributed by atoms with Crippen LogP contribution < -0.4 is 5.32 Å². The molecule has 16 heavy (non-hydrogen) atoms. The Hall–Kier alpha value is -1.51. The number of hydrogen-bond acceptors (Lipinski definition) is 2. The fourth-order valence-electron chi connectivity index (χ4n) is 1.12. The largest absolute Gasteiger partial charge is 0.419 e. The number of rotatable bonds is 6. The van der Waals surface area contributed by atoms with Crippen molar-refractivity contribution in [1.82, 2.24) is 5.32 Å². The number of alkyl carbamates (subject to hydrolysis) is 1. The third kappa shape index (κ3) is 9.06. The summed E-state index contributed by atoms with van der Waals surface area (Å²) < 4.78 is 4.51. The number of ether oxygens (including phenoxy) is 1. The van der Waals surface area contributed by atoms with Crippen molar-refractivity contribution < 1.29 is 9.53 Å². The van der Waals surface area contributed by atoms with Crippen LogP contribution in [0.1, 0.15) is 33.6 Å². The molecule has 90 valence electrons. The molecular formula is C13H21NO2. The molecule has 0 aliphatic heterocycles. The molecule has 0 aromatic carbocycles. The standard InChI is InChI=1S/C13H21NO2/c1-5-16-13(15)14-10-9-12(4)8-6-7-11(2)3/h5,7,9H,1,6,8,10H2,2-4H3,(H,14,15)/b12-9-. The maximum Gasteiger partial charge on any atom is 0.412 e. The molecule has 1 amide bonds. The van der Waals surface area contributed by atoms with Gasteiger partial charge >= 0.3 is 6.09 Å². The quantitative estimate of drug-likeness (QED) is 0.552. The Labute approximate surface area is 97.9 Å². The molecule has 0 heterocycles. The molecule has 0 saturated heterocycles. The zero-order valence-electron chi connectivity index (χ0n) is 10.4. The molecule has 0 aromatic rings. The monoisotopic (exact) mass is 223 g/mol. The van der Waals surface area contributed by atoms with E-state index in [1.807, 2.05) is 6.08 Å². The lowest BCUT2D eigenvalue weighted by molar-refractivity contribution is 0.187. The lowest BCUT2D eigenvalue weighted by Gasteiger charge is -2.01. The highest BCUT2D eigenvalue weighted by atomic mass is 16.5. The van der Waals surface area contributed by atoms with E-state index in [0.29, 0.717) is 6.54 Å². The molecule has 0 unspecified atom stereocenters. The van der Waals surface area contributed by atoms with Crippen molar-refractivity contribution in [3.8, 4) is 0 Å². The molecule has 0 aromatic heterocycles. The van der Waals surface area contributed by atoms with Crippen molar-refractivity contribution in [3.63, 3.8) is 0 Å². The van der Waals surface area contributed by atoms with Gasteiger partial charge in [-0.2, -0.15) is 0 Å². The summed E-state index contributed by atoms with van der Waals surface area (Å²) in [7, 11) is 0. The minimum Gasteiger partial charge on any atom is -0.419 e. The normalized spacial score (nSPS) is 10.6. The van der Waals surface area contributed by atoms with Crippen LogP contribution in [0.4, 0.5) is 4.79 Å². The van der Waals surface area contributed by atoms with Crippen LogP contribution in [0.2, 0.25) is 0 Å². The van der Waals surface area contributed by atoms with Crippen LogP contribution in [-0.2, 0) is 4.74 Å². The lowest BCUT2D eigenvalue weighted by atomic mass is 10.1. The van der Waals surface area contributed by atoms with E-state index in [2.05, 4.69) is 43.5 Å². The molecule has 0 radical (unpaired) electrons. The predicted molar refractivity (Wildman–Crippen MR) is 67.1 cm³/mol. The third-order valence-electron chi connectivity index (χ3n) is 1.98. The summed E-state index contributed by atoms with van der Waals surface area (Å²) in [6.07, 6.45) is 6.90. The summed E-state index contributed by atoms with van der Waals surface area (Å²) in [6.45, 7) is 10.0. The average molecular weight is 223 g/mol. The molecule has 3 heteroatoms. The lowest BCUT2D eigenvalue weighted by Crippen LogP contribution is -2.22. The van der Waals surface area contributed by atoms with E-state index in [-0.39, 0.29) is 0 Å². The Morgan fingerprint density at radius 3 is 2.56 bits per heavy atom. The van der Waals surface area contributed by atoms with Gasteiger partial charge in [0.25, 0.3) is 0 Å². The van der Waals surface area contributed by atoms with E-state index in [9.17, 15) is 4.79 Å². The molecule has 1 N–H and O–H groups in total. The minimum atomic E-state index is -0.469. The molecule has 0 spiro atoms. The second-order valence-corrected chi connectivity index (χ2v) is 3.82. The van der Waals surface area contributed by atoms with Gasteiger partial charge in [-0.05, 0) is 33.6 Å². The Kier molecular flexibility index (Phi) is 7.94. The molecule has 3 nitrogen and oxygen atoms in total. The summed E-state index contributed by atoms with van der Waals surface area (Å²) in [5.41, 5.74) is 2.59. The van der Waals surface area contributed by atoms with Gasteiger partial charge in [-0.3, -0.25) is 0 Å². The molecule has 0 bridgehead atoms. The second kappa shape index (κ2) is 8.77. The van der Waals surface area contributed by atoms with Gasteiger partial charge in [0.1, 0.15) is 0 Å². The molecular weight excluding hydrogens is 202 g/mol. The van der Waals surface area contributed by atoms with Crippen molar-refractivity contribution in [3.05, 3.63) is 36.1 Å². The highest BCUT2D eigenvalue weighted by Crippen LogP contribution is 2.05. The number of hydrogen-bond donors (Lipinski definition) is 1. The third-order valence-corrected chi connectivity index (χ3v) is 1.98. The Balaban J connectivity index is 3.74. The van der Waals surface area contributed by atoms with Gasteiger partial charge in [0.15, 0.2) is 0 Å². The first kappa shape index (κ1) is 14.5. The summed E-state index contributed by atoms with van der Waals surface area (Å²) >= 11 is 0. The highest BCUT2D eigenvalue weighted by Gasteiger charge is 1.95. The van der Waals surface area contributed by atoms with Crippen LogP contribution in [-0.4, -0.2) is 12.6 Å². The first-order chi connectivity index (χ1) is 7.56. The summed E-state index contributed by atoms with van der Waals surface area (Å²) in [5, 5.41) is 2.59. The fraction of sp³-hybridized carbons (Fsp3) is 0.462. The molecule has 0 rings (SSSR count). The van der Waals surface area contributed by atoms with Crippen LogP contribution in [0.3, 0.4) is 0 Å². The summed E-state index contributed by atoms with van der Waals surface area (Å²) in [4.78, 5) is 10.9. The van der Waals surface area contributed by atoms with Crippen molar-refractivity contribution >= 4 is 6.09 Å². The van der Waals surface area contributed by atoms with E-state index in [1.54, 1.807) is 0 Å². The van der Waals surface area contributed by atoms with Gasteiger partial charge in [0, 0.05) is 6.54 Å². The number of nitrogens with one attached hydrogen (secondary N) is 1. The van der Waals surface area contributed by atoms with Gasteiger partial charge in [0.05, 0.1) is 6.26 Å². The molecule has 0 aliphatic carbocycles. The average Bonchev–Trinajstić information content (AvgIpc) is 2.17. The summed E-state index contributed by atoms with van der Waals surface area (Å²) in [6, 6.07) is 0. The highest BCUT2D eigenvalue weighted by molar-refractivity contribution is 5.67. The van der Waals surface area contributed by atoms with Crippen LogP contribution in [0.5, 0.6) is 0 Å². The topological polar surface area (TPSA) is 38.3 Å². The molecule has 0 aliphatic rings. The van der Waals surface area contributed by atoms with Crippen molar-refractivity contribution in [2.75, 3.05) is 6.54 Å². The second-order valence-electron chi connectivity index (χ2n) is 3.82. The number of amides is 1. The number of carbonyl (C=O) groups is 1. The van der Waals surface area contributed by atoms with Crippen molar-refractivity contribution in [1.29, 1.82) is 0 Å². The van der Waals surface area contributed by atoms with Gasteiger partial charge < -0.3 is 10.1 Å². The predicted octanol–water partition coefficient (Wildman–Crippen LogP) is 3.55. The minimum absolute atomic E-state index is 0.469. The maximum absolute atomic E-state index is 10.9. The Morgan fingerprint density at radius 1 is 1.31 bits per heavy atom. The van der Waals surface area contributed by atoms with E-state index in [1.165, 1.54) is 11.1 Å². The van der Waals surface area contributed by atoms with Gasteiger partial charge in [0.2, 0.25) is 0 Å². The zero-order chi connectivity index (χ0) is 12.4. The van der Waals surface area contributed by atoms with Gasteiger partial charge in [-0.25, -0.2) is 4.79 Å². The van der Waals surface area contributed by atoms with Crippen LogP contribution >= 0.6 is 0 Å². The van der Waals surface area contributed by atoms with Gasteiger partial charge in [-0.15, -0.1) is 0 Å². The Bertz CT molecular complexity index is 286. The van der Waals surface area contributed by atoms with Crippen LogP contribution in [0, 0.1) is 0 Å². The van der Waals surface area contributed by atoms with Crippen LogP contribution in [0.15, 0.2) is 36.1 Å². The van der Waals surface area contributed by atoms with E-state index in [0.717, 1.165) is 19.1 Å². The van der Waals surface area contributed by atoms with E-state index < -0.39 is 6.09 Å². The zero-order valence-corrected chi connectivity index (χ0v) is 10.4. The number of carbonyl (C=O) groups excluding carboxylic acids is 1. The van der Waals surface area contributed by atoms with Crippen LogP contribution in [0.25, 0.3) is 0 Å². The smallest absolute Gasteiger partial charge is 0.412 e. The van der Waals surface area contributed by atoms with E-state index in [4.69, 9.17) is 0 Å². The molecule has 0 atom stereocenters. The first-order valence-electron chi connectivity index (χ1n) is 5.40. The fourth-order valence-corrected chi connectivity index (χ4v) is 1.12. The molecule has 0 fully saturated rings. The van der Waals surface area contributed by atoms with Gasteiger partial charge in [-0.1, -0.05) is 29.9 Å². The van der Waals surface area contributed by atoms with E-state index >= 15 is 0 Å². The molecule has 0 saturated carbocycles. The Morgan fingerprint density at radius 2 is 2.00 bits per heavy atom. The van der Waals surface area contributed by atoms with Crippen molar-refractivity contribution in [2.24, 2.45) is 0 Å². The SMILES string of the molecule is C=COC(=O)NC/C=C(/C)CCC=C(C)C. The summed E-state index contributed by atoms with van der Waals surface area (Å²) in [5.74, 6) is 0. The van der Waals surface area contributed by atoms with Crippen molar-refractivity contribution in [2.45, 2.75) is 33.6 Å². The number of allylic oxidation sites excluding steroid dienone is 3.